The summed E-state index contributed by atoms with van der Waals surface area (Å²) in [5.41, 5.74) is 2.30. The Morgan fingerprint density at radius 3 is 2.60 bits per heavy atom. The molecule has 0 aliphatic heterocycles. The molecule has 0 atom stereocenters. The second-order valence-corrected chi connectivity index (χ2v) is 7.22. The highest BCUT2D eigenvalue weighted by Crippen LogP contribution is 2.22. The minimum atomic E-state index is -0.429. The molecule has 0 spiro atoms. The monoisotopic (exact) mass is 296 g/mol. The third-order valence-electron chi connectivity index (χ3n) is 3.40. The molecule has 112 valence electrons. The third-order valence-corrected chi connectivity index (χ3v) is 4.31. The van der Waals surface area contributed by atoms with Crippen LogP contribution < -0.4 is 10.6 Å². The molecule has 5 heteroatoms. The molecule has 1 aliphatic carbocycles. The van der Waals surface area contributed by atoms with E-state index in [9.17, 15) is 4.79 Å². The predicted octanol–water partition coefficient (Wildman–Crippen LogP) is 3.20. The average molecular weight is 296 g/mol. The molecule has 1 aromatic heterocycles. The van der Waals surface area contributed by atoms with Crippen molar-refractivity contribution in [2.24, 2.45) is 0 Å². The van der Waals surface area contributed by atoms with Gasteiger partial charge in [-0.05, 0) is 62.4 Å². The van der Waals surface area contributed by atoms with Gasteiger partial charge in [-0.1, -0.05) is 0 Å². The van der Waals surface area contributed by atoms with Crippen molar-refractivity contribution in [2.75, 3.05) is 0 Å². The summed E-state index contributed by atoms with van der Waals surface area (Å²) in [4.78, 5) is 11.6. The van der Waals surface area contributed by atoms with Gasteiger partial charge < -0.3 is 15.4 Å². The molecule has 2 N–H and O–H groups in total. The molecule has 2 rings (SSSR count). The third kappa shape index (κ3) is 4.49. The summed E-state index contributed by atoms with van der Waals surface area (Å²) in [5, 5.41) is 10.8. The van der Waals surface area contributed by atoms with Gasteiger partial charge in [0.1, 0.15) is 5.60 Å². The Morgan fingerprint density at radius 2 is 2.05 bits per heavy atom. The molecule has 1 heterocycles. The zero-order chi connectivity index (χ0) is 14.8. The Kier molecular flexibility index (Phi) is 4.70. The Morgan fingerprint density at radius 1 is 1.35 bits per heavy atom. The summed E-state index contributed by atoms with van der Waals surface area (Å²) in [6.07, 6.45) is 1.64. The quantitative estimate of drug-likeness (QED) is 0.897. The van der Waals surface area contributed by atoms with E-state index >= 15 is 0 Å². The number of carbonyl (C=O) groups is 1. The van der Waals surface area contributed by atoms with E-state index in [1.807, 2.05) is 20.8 Å². The van der Waals surface area contributed by atoms with Crippen LogP contribution in [0.1, 0.15) is 44.7 Å². The molecule has 0 aromatic carbocycles. The highest BCUT2D eigenvalue weighted by Gasteiger charge is 2.31. The number of hydrogen-bond acceptors (Lipinski definition) is 4. The van der Waals surface area contributed by atoms with Crippen LogP contribution in [0.25, 0.3) is 0 Å². The van der Waals surface area contributed by atoms with Gasteiger partial charge in [0.2, 0.25) is 0 Å². The molecule has 1 aromatic rings. The van der Waals surface area contributed by atoms with Gasteiger partial charge in [-0.15, -0.1) is 0 Å². The van der Waals surface area contributed by atoms with Crippen molar-refractivity contribution >= 4 is 17.4 Å². The number of ether oxygens (including phenoxy) is 1. The van der Waals surface area contributed by atoms with Crippen LogP contribution in [0.5, 0.6) is 0 Å². The molecule has 0 radical (unpaired) electrons. The first kappa shape index (κ1) is 15.3. The molecular formula is C15H24N2O2S. The number of rotatable bonds is 4. The number of carbonyl (C=O) groups excluding carboxylic acids is 1. The summed E-state index contributed by atoms with van der Waals surface area (Å²) >= 11 is 1.74. The van der Waals surface area contributed by atoms with E-state index in [1.54, 1.807) is 11.3 Å². The van der Waals surface area contributed by atoms with Crippen LogP contribution in [0.4, 0.5) is 4.79 Å². The largest absolute Gasteiger partial charge is 0.444 e. The SMILES string of the molecule is Cc1cscc1CNC1CC(NC(=O)OC(C)(C)C)C1. The fraction of sp³-hybridized carbons (Fsp3) is 0.667. The molecule has 4 nitrogen and oxygen atoms in total. The van der Waals surface area contributed by atoms with E-state index in [4.69, 9.17) is 4.74 Å². The van der Waals surface area contributed by atoms with Crippen LogP contribution in [0.3, 0.4) is 0 Å². The zero-order valence-electron chi connectivity index (χ0n) is 12.7. The Hall–Kier alpha value is -1.07. The fourth-order valence-corrected chi connectivity index (χ4v) is 3.06. The second-order valence-electron chi connectivity index (χ2n) is 6.47. The van der Waals surface area contributed by atoms with Crippen LogP contribution in [0.15, 0.2) is 10.8 Å². The van der Waals surface area contributed by atoms with E-state index in [0.717, 1.165) is 19.4 Å². The molecule has 1 saturated carbocycles. The average Bonchev–Trinajstić information content (AvgIpc) is 2.64. The number of thiophene rings is 1. The van der Waals surface area contributed by atoms with Crippen LogP contribution in [0, 0.1) is 6.92 Å². The summed E-state index contributed by atoms with van der Waals surface area (Å²) in [6.45, 7) is 8.68. The molecule has 20 heavy (non-hydrogen) atoms. The smallest absolute Gasteiger partial charge is 0.407 e. The Balaban J connectivity index is 1.63. The number of amides is 1. The molecular weight excluding hydrogens is 272 g/mol. The van der Waals surface area contributed by atoms with Crippen LogP contribution in [-0.2, 0) is 11.3 Å². The normalized spacial score (nSPS) is 22.2. The van der Waals surface area contributed by atoms with Gasteiger partial charge in [-0.3, -0.25) is 0 Å². The van der Waals surface area contributed by atoms with Gasteiger partial charge in [0.25, 0.3) is 0 Å². The van der Waals surface area contributed by atoms with Crippen LogP contribution >= 0.6 is 11.3 Å². The Labute approximate surface area is 124 Å². The maximum atomic E-state index is 11.6. The van der Waals surface area contributed by atoms with Gasteiger partial charge in [0.15, 0.2) is 0 Å². The first-order chi connectivity index (χ1) is 9.33. The number of hydrogen-bond donors (Lipinski definition) is 2. The lowest BCUT2D eigenvalue weighted by Crippen LogP contribution is -2.52. The minimum Gasteiger partial charge on any atom is -0.444 e. The molecule has 0 bridgehead atoms. The van der Waals surface area contributed by atoms with Crippen molar-refractivity contribution < 1.29 is 9.53 Å². The number of nitrogens with one attached hydrogen (secondary N) is 2. The van der Waals surface area contributed by atoms with E-state index in [0.29, 0.717) is 6.04 Å². The lowest BCUT2D eigenvalue weighted by Gasteiger charge is -2.36. The number of aryl methyl sites for hydroxylation is 1. The minimum absolute atomic E-state index is 0.242. The molecule has 1 fully saturated rings. The summed E-state index contributed by atoms with van der Waals surface area (Å²) < 4.78 is 5.24. The lowest BCUT2D eigenvalue weighted by atomic mass is 9.86. The fourth-order valence-electron chi connectivity index (χ4n) is 2.20. The predicted molar refractivity (Wildman–Crippen MR) is 82.1 cm³/mol. The molecule has 1 aliphatic rings. The molecule has 1 amide bonds. The van der Waals surface area contributed by atoms with Crippen molar-refractivity contribution in [2.45, 2.75) is 64.8 Å². The maximum absolute atomic E-state index is 11.6. The van der Waals surface area contributed by atoms with Crippen molar-refractivity contribution in [1.82, 2.24) is 10.6 Å². The topological polar surface area (TPSA) is 50.4 Å². The summed E-state index contributed by atoms with van der Waals surface area (Å²) in [5.74, 6) is 0. The van der Waals surface area contributed by atoms with Crippen molar-refractivity contribution in [3.63, 3.8) is 0 Å². The van der Waals surface area contributed by atoms with Crippen molar-refractivity contribution in [1.29, 1.82) is 0 Å². The first-order valence-electron chi connectivity index (χ1n) is 7.08. The Bertz CT molecular complexity index is 459. The molecule has 0 saturated heterocycles. The van der Waals surface area contributed by atoms with Gasteiger partial charge in [0.05, 0.1) is 0 Å². The zero-order valence-corrected chi connectivity index (χ0v) is 13.5. The highest BCUT2D eigenvalue weighted by molar-refractivity contribution is 7.08. The van der Waals surface area contributed by atoms with Crippen LogP contribution in [-0.4, -0.2) is 23.8 Å². The summed E-state index contributed by atoms with van der Waals surface area (Å²) in [6, 6.07) is 0.736. The van der Waals surface area contributed by atoms with E-state index in [2.05, 4.69) is 28.3 Å². The summed E-state index contributed by atoms with van der Waals surface area (Å²) in [7, 11) is 0. The second kappa shape index (κ2) is 6.14. The van der Waals surface area contributed by atoms with Crippen molar-refractivity contribution in [3.05, 3.63) is 21.9 Å². The molecule has 0 unspecified atom stereocenters. The van der Waals surface area contributed by atoms with Gasteiger partial charge in [0, 0.05) is 18.6 Å². The van der Waals surface area contributed by atoms with Gasteiger partial charge in [-0.2, -0.15) is 11.3 Å². The first-order valence-corrected chi connectivity index (χ1v) is 8.02. The highest BCUT2D eigenvalue weighted by atomic mass is 32.1. The van der Waals surface area contributed by atoms with Crippen molar-refractivity contribution in [3.8, 4) is 0 Å². The standard InChI is InChI=1S/C15H24N2O2S/c1-10-8-20-9-11(10)7-16-12-5-13(6-12)17-14(18)19-15(2,3)4/h8-9,12-13,16H,5-7H2,1-4H3,(H,17,18). The van der Waals surface area contributed by atoms with E-state index in [-0.39, 0.29) is 12.1 Å². The van der Waals surface area contributed by atoms with Gasteiger partial charge >= 0.3 is 6.09 Å². The van der Waals surface area contributed by atoms with Gasteiger partial charge in [-0.25, -0.2) is 4.79 Å². The van der Waals surface area contributed by atoms with E-state index in [1.165, 1.54) is 11.1 Å². The number of alkyl carbamates (subject to hydrolysis) is 1. The maximum Gasteiger partial charge on any atom is 0.407 e. The lowest BCUT2D eigenvalue weighted by molar-refractivity contribution is 0.0465. The van der Waals surface area contributed by atoms with Crippen LogP contribution in [0.2, 0.25) is 0 Å². The van der Waals surface area contributed by atoms with E-state index < -0.39 is 5.60 Å².